The number of rotatable bonds is 8. The molecule has 1 N–H and O–H groups in total. The van der Waals surface area contributed by atoms with Gasteiger partial charge in [0.15, 0.2) is 0 Å². The van der Waals surface area contributed by atoms with Crippen molar-refractivity contribution in [3.63, 3.8) is 0 Å². The fraction of sp³-hybridized carbons (Fsp3) is 0.750. The van der Waals surface area contributed by atoms with Crippen LogP contribution in [0.4, 0.5) is 0 Å². The second kappa shape index (κ2) is 12.0. The van der Waals surface area contributed by atoms with Crippen LogP contribution in [0.5, 0.6) is 0 Å². The molecular formula is C16H29Cl2N3O2S. The number of aromatic nitrogens is 1. The minimum atomic E-state index is 0. The zero-order chi connectivity index (χ0) is 15.9. The molecule has 1 aliphatic rings. The van der Waals surface area contributed by atoms with Crippen LogP contribution < -0.4 is 5.32 Å². The van der Waals surface area contributed by atoms with Crippen molar-refractivity contribution >= 4 is 42.1 Å². The molecule has 0 radical (unpaired) electrons. The van der Waals surface area contributed by atoms with Crippen LogP contribution in [0.3, 0.4) is 0 Å². The third-order valence-corrected chi connectivity index (χ3v) is 5.14. The van der Waals surface area contributed by atoms with Crippen molar-refractivity contribution in [2.75, 3.05) is 26.7 Å². The zero-order valence-corrected chi connectivity index (χ0v) is 17.1. The molecule has 1 amide bonds. The zero-order valence-electron chi connectivity index (χ0n) is 14.6. The molecule has 0 aromatic carbocycles. The molecule has 0 spiro atoms. The maximum atomic E-state index is 12.2. The highest BCUT2D eigenvalue weighted by atomic mass is 35.5. The fourth-order valence-electron chi connectivity index (χ4n) is 2.71. The second-order valence-corrected chi connectivity index (χ2v) is 6.81. The van der Waals surface area contributed by atoms with Gasteiger partial charge in [0, 0.05) is 25.5 Å². The highest BCUT2D eigenvalue weighted by Gasteiger charge is 2.18. The number of hydrogen-bond acceptors (Lipinski definition) is 5. The number of halogens is 2. The summed E-state index contributed by atoms with van der Waals surface area (Å²) in [4.78, 5) is 18.6. The predicted octanol–water partition coefficient (Wildman–Crippen LogP) is 3.43. The van der Waals surface area contributed by atoms with Crippen LogP contribution in [0.1, 0.15) is 49.9 Å². The molecule has 0 aliphatic carbocycles. The number of nitrogens with zero attached hydrogens (tertiary/aromatic N) is 2. The fourth-order valence-corrected chi connectivity index (χ4v) is 3.53. The highest BCUT2D eigenvalue weighted by Crippen LogP contribution is 2.22. The van der Waals surface area contributed by atoms with Gasteiger partial charge in [-0.3, -0.25) is 4.79 Å². The van der Waals surface area contributed by atoms with E-state index in [1.807, 2.05) is 26.3 Å². The SMILES string of the molecule is CCOC(C)c1nc(CN(C)C(=O)CCC2CCNC2)cs1.Cl.Cl. The van der Waals surface area contributed by atoms with Gasteiger partial charge in [-0.2, -0.15) is 0 Å². The lowest BCUT2D eigenvalue weighted by atomic mass is 10.0. The van der Waals surface area contributed by atoms with E-state index in [1.54, 1.807) is 16.2 Å². The maximum Gasteiger partial charge on any atom is 0.222 e. The average molecular weight is 398 g/mol. The quantitative estimate of drug-likeness (QED) is 0.729. The van der Waals surface area contributed by atoms with Crippen LogP contribution in [0.15, 0.2) is 5.38 Å². The monoisotopic (exact) mass is 397 g/mol. The second-order valence-electron chi connectivity index (χ2n) is 5.92. The molecule has 1 fully saturated rings. The summed E-state index contributed by atoms with van der Waals surface area (Å²) in [6, 6.07) is 0. The molecule has 1 aromatic rings. The largest absolute Gasteiger partial charge is 0.372 e. The van der Waals surface area contributed by atoms with E-state index in [2.05, 4.69) is 10.3 Å². The molecule has 2 rings (SSSR count). The van der Waals surface area contributed by atoms with E-state index in [-0.39, 0.29) is 36.8 Å². The summed E-state index contributed by atoms with van der Waals surface area (Å²) in [6.07, 6.45) is 2.84. The summed E-state index contributed by atoms with van der Waals surface area (Å²) in [5, 5.41) is 6.35. The average Bonchev–Trinajstić information content (AvgIpc) is 3.16. The van der Waals surface area contributed by atoms with Crippen molar-refractivity contribution in [2.24, 2.45) is 5.92 Å². The van der Waals surface area contributed by atoms with Gasteiger partial charge in [-0.25, -0.2) is 4.98 Å². The van der Waals surface area contributed by atoms with Gasteiger partial charge < -0.3 is 15.0 Å². The van der Waals surface area contributed by atoms with Gasteiger partial charge in [0.25, 0.3) is 0 Å². The molecule has 0 saturated carbocycles. The van der Waals surface area contributed by atoms with Crippen molar-refractivity contribution in [1.82, 2.24) is 15.2 Å². The first-order valence-electron chi connectivity index (χ1n) is 8.10. The standard InChI is InChI=1S/C16H27N3O2S.2ClH/c1-4-21-12(2)16-18-14(11-22-16)10-19(3)15(20)6-5-13-7-8-17-9-13;;/h11-13,17H,4-10H2,1-3H3;2*1H. The molecule has 140 valence electrons. The molecule has 2 unspecified atom stereocenters. The van der Waals surface area contributed by atoms with Gasteiger partial charge in [-0.1, -0.05) is 0 Å². The van der Waals surface area contributed by atoms with Gasteiger partial charge in [0.05, 0.1) is 12.2 Å². The van der Waals surface area contributed by atoms with Crippen LogP contribution in [0, 0.1) is 5.92 Å². The first-order valence-corrected chi connectivity index (χ1v) is 8.98. The number of ether oxygens (including phenoxy) is 1. The molecule has 1 aliphatic heterocycles. The van der Waals surface area contributed by atoms with Crippen molar-refractivity contribution in [3.8, 4) is 0 Å². The summed E-state index contributed by atoms with van der Waals surface area (Å²) < 4.78 is 5.55. The third-order valence-electron chi connectivity index (χ3n) is 4.09. The van der Waals surface area contributed by atoms with E-state index >= 15 is 0 Å². The molecule has 1 saturated heterocycles. The van der Waals surface area contributed by atoms with E-state index in [4.69, 9.17) is 4.74 Å². The highest BCUT2D eigenvalue weighted by molar-refractivity contribution is 7.09. The number of carbonyl (C=O) groups is 1. The Kier molecular flexibility index (Phi) is 11.8. The van der Waals surface area contributed by atoms with Gasteiger partial charge in [-0.05, 0) is 45.7 Å². The molecular weight excluding hydrogens is 369 g/mol. The Balaban J connectivity index is 0.00000264. The van der Waals surface area contributed by atoms with Crippen molar-refractivity contribution in [3.05, 3.63) is 16.1 Å². The Bertz CT molecular complexity index is 482. The van der Waals surface area contributed by atoms with Gasteiger partial charge in [0.1, 0.15) is 11.1 Å². The Labute approximate surface area is 161 Å². The van der Waals surface area contributed by atoms with Crippen LogP contribution in [-0.4, -0.2) is 42.5 Å². The topological polar surface area (TPSA) is 54.5 Å². The number of carbonyl (C=O) groups excluding carboxylic acids is 1. The van der Waals surface area contributed by atoms with E-state index in [0.717, 1.165) is 30.2 Å². The minimum absolute atomic E-state index is 0. The van der Waals surface area contributed by atoms with Crippen molar-refractivity contribution < 1.29 is 9.53 Å². The van der Waals surface area contributed by atoms with Crippen LogP contribution in [-0.2, 0) is 16.1 Å². The molecule has 1 aromatic heterocycles. The van der Waals surface area contributed by atoms with Crippen molar-refractivity contribution in [1.29, 1.82) is 0 Å². The normalized spacial score (nSPS) is 17.7. The van der Waals surface area contributed by atoms with Crippen molar-refractivity contribution in [2.45, 2.75) is 45.8 Å². The van der Waals surface area contributed by atoms with Crippen LogP contribution >= 0.6 is 36.2 Å². The summed E-state index contributed by atoms with van der Waals surface area (Å²) in [7, 11) is 1.86. The number of amides is 1. The predicted molar refractivity (Wildman–Crippen MR) is 103 cm³/mol. The van der Waals surface area contributed by atoms with Crippen LogP contribution in [0.2, 0.25) is 0 Å². The van der Waals surface area contributed by atoms with Gasteiger partial charge >= 0.3 is 0 Å². The van der Waals surface area contributed by atoms with E-state index in [1.165, 1.54) is 6.42 Å². The van der Waals surface area contributed by atoms with E-state index in [0.29, 0.717) is 25.5 Å². The Hall–Kier alpha value is -0.400. The molecule has 5 nitrogen and oxygen atoms in total. The maximum absolute atomic E-state index is 12.2. The first-order chi connectivity index (χ1) is 10.6. The summed E-state index contributed by atoms with van der Waals surface area (Å²) in [5.41, 5.74) is 0.949. The molecule has 0 bridgehead atoms. The van der Waals surface area contributed by atoms with Gasteiger partial charge in [0.2, 0.25) is 5.91 Å². The minimum Gasteiger partial charge on any atom is -0.372 e. The molecule has 2 atom stereocenters. The number of hydrogen-bond donors (Lipinski definition) is 1. The first kappa shape index (κ1) is 23.6. The summed E-state index contributed by atoms with van der Waals surface area (Å²) >= 11 is 1.60. The van der Waals surface area contributed by atoms with Crippen LogP contribution in [0.25, 0.3) is 0 Å². The molecule has 8 heteroatoms. The van der Waals surface area contributed by atoms with E-state index in [9.17, 15) is 4.79 Å². The Morgan fingerprint density at radius 1 is 1.54 bits per heavy atom. The third kappa shape index (κ3) is 7.23. The summed E-state index contributed by atoms with van der Waals surface area (Å²) in [6.45, 7) is 7.41. The number of nitrogens with one attached hydrogen (secondary N) is 1. The lowest BCUT2D eigenvalue weighted by Crippen LogP contribution is -2.26. The lowest BCUT2D eigenvalue weighted by Gasteiger charge is -2.17. The van der Waals surface area contributed by atoms with E-state index < -0.39 is 0 Å². The number of thiazole rings is 1. The Morgan fingerprint density at radius 2 is 2.29 bits per heavy atom. The van der Waals surface area contributed by atoms with Gasteiger partial charge in [-0.15, -0.1) is 36.2 Å². The molecule has 2 heterocycles. The smallest absolute Gasteiger partial charge is 0.222 e. The Morgan fingerprint density at radius 3 is 2.92 bits per heavy atom. The molecule has 24 heavy (non-hydrogen) atoms. The summed E-state index contributed by atoms with van der Waals surface area (Å²) in [5.74, 6) is 0.870. The lowest BCUT2D eigenvalue weighted by molar-refractivity contribution is -0.130.